The number of carbonyl (C=O) groups excluding carboxylic acids is 1. The summed E-state index contributed by atoms with van der Waals surface area (Å²) in [5.74, 6) is -0.228. The molecule has 92 valence electrons. The molecule has 1 amide bonds. The van der Waals surface area contributed by atoms with Crippen molar-refractivity contribution in [3.05, 3.63) is 23.0 Å². The number of aromatic nitrogens is 1. The number of anilines is 1. The van der Waals surface area contributed by atoms with Crippen molar-refractivity contribution in [3.8, 4) is 0 Å². The van der Waals surface area contributed by atoms with Gasteiger partial charge in [-0.25, -0.2) is 4.98 Å². The van der Waals surface area contributed by atoms with Gasteiger partial charge in [-0.2, -0.15) is 0 Å². The number of hydrogen-bond acceptors (Lipinski definition) is 4. The van der Waals surface area contributed by atoms with Gasteiger partial charge in [0.25, 0.3) is 5.91 Å². The lowest BCUT2D eigenvalue weighted by Gasteiger charge is -2.29. The summed E-state index contributed by atoms with van der Waals surface area (Å²) in [7, 11) is 1.58. The van der Waals surface area contributed by atoms with E-state index in [-0.39, 0.29) is 5.91 Å². The molecule has 0 spiro atoms. The largest absolute Gasteiger partial charge is 0.378 e. The predicted octanol–water partition coefficient (Wildman–Crippen LogP) is 0.931. The summed E-state index contributed by atoms with van der Waals surface area (Å²) < 4.78 is 5.28. The highest BCUT2D eigenvalue weighted by Gasteiger charge is 2.19. The van der Waals surface area contributed by atoms with Gasteiger partial charge in [-0.05, 0) is 12.1 Å². The number of hydrogen-bond donors (Lipinski definition) is 1. The Balaban J connectivity index is 2.34. The van der Waals surface area contributed by atoms with Crippen LogP contribution in [0.3, 0.4) is 0 Å². The first kappa shape index (κ1) is 12.1. The van der Waals surface area contributed by atoms with Crippen LogP contribution in [0.5, 0.6) is 0 Å². The fraction of sp³-hybridized carbons (Fsp3) is 0.455. The van der Waals surface area contributed by atoms with Crippen LogP contribution < -0.4 is 10.2 Å². The van der Waals surface area contributed by atoms with Crippen LogP contribution in [0, 0.1) is 0 Å². The molecule has 2 heterocycles. The number of amides is 1. The maximum Gasteiger partial charge on any atom is 0.271 e. The molecule has 17 heavy (non-hydrogen) atoms. The second-order valence-corrected chi connectivity index (χ2v) is 4.07. The minimum absolute atomic E-state index is 0.228. The number of halogens is 1. The van der Waals surface area contributed by atoms with Crippen molar-refractivity contribution in [2.45, 2.75) is 0 Å². The van der Waals surface area contributed by atoms with E-state index >= 15 is 0 Å². The van der Waals surface area contributed by atoms with Crippen LogP contribution in [-0.2, 0) is 4.74 Å². The van der Waals surface area contributed by atoms with Gasteiger partial charge in [0.05, 0.1) is 18.9 Å². The molecule has 1 aliphatic rings. The van der Waals surface area contributed by atoms with Gasteiger partial charge < -0.3 is 15.0 Å². The van der Waals surface area contributed by atoms with E-state index in [1.165, 1.54) is 0 Å². The van der Waals surface area contributed by atoms with Crippen molar-refractivity contribution in [1.82, 2.24) is 10.3 Å². The molecule has 0 bridgehead atoms. The summed E-state index contributed by atoms with van der Waals surface area (Å²) >= 11 is 5.82. The molecule has 0 saturated carbocycles. The number of nitrogens with zero attached hydrogens (tertiary/aromatic N) is 2. The Bertz CT molecular complexity index is 419. The number of carbonyl (C=O) groups is 1. The molecular formula is C11H14ClN3O2. The third kappa shape index (κ3) is 2.68. The standard InChI is InChI=1S/C11H14ClN3O2/c1-13-11(16)10-8(2-3-9(12)14-10)15-4-6-17-7-5-15/h2-3H,4-7H2,1H3,(H,13,16). The van der Waals surface area contributed by atoms with Gasteiger partial charge in [0.1, 0.15) is 5.15 Å². The number of ether oxygens (including phenoxy) is 1. The summed E-state index contributed by atoms with van der Waals surface area (Å²) in [6, 6.07) is 3.52. The van der Waals surface area contributed by atoms with Gasteiger partial charge in [-0.15, -0.1) is 0 Å². The minimum atomic E-state index is -0.228. The summed E-state index contributed by atoms with van der Waals surface area (Å²) in [4.78, 5) is 17.9. The zero-order valence-electron chi connectivity index (χ0n) is 9.57. The zero-order valence-corrected chi connectivity index (χ0v) is 10.3. The molecule has 2 rings (SSSR count). The van der Waals surface area contributed by atoms with E-state index in [1.54, 1.807) is 13.1 Å². The number of morpholine rings is 1. The highest BCUT2D eigenvalue weighted by atomic mass is 35.5. The average molecular weight is 256 g/mol. The first-order valence-corrected chi connectivity index (χ1v) is 5.81. The van der Waals surface area contributed by atoms with E-state index in [0.717, 1.165) is 18.8 Å². The molecule has 0 radical (unpaired) electrons. The van der Waals surface area contributed by atoms with Crippen LogP contribution >= 0.6 is 11.6 Å². The van der Waals surface area contributed by atoms with E-state index < -0.39 is 0 Å². The van der Waals surface area contributed by atoms with E-state index in [0.29, 0.717) is 24.1 Å². The number of nitrogens with one attached hydrogen (secondary N) is 1. The smallest absolute Gasteiger partial charge is 0.271 e. The van der Waals surface area contributed by atoms with Gasteiger partial charge in [0.15, 0.2) is 5.69 Å². The molecule has 1 aromatic heterocycles. The molecule has 1 fully saturated rings. The molecule has 0 unspecified atom stereocenters. The van der Waals surface area contributed by atoms with E-state index in [4.69, 9.17) is 16.3 Å². The van der Waals surface area contributed by atoms with Crippen molar-refractivity contribution >= 4 is 23.2 Å². The van der Waals surface area contributed by atoms with Gasteiger partial charge in [-0.3, -0.25) is 4.79 Å². The first-order chi connectivity index (χ1) is 8.22. The first-order valence-electron chi connectivity index (χ1n) is 5.43. The van der Waals surface area contributed by atoms with Gasteiger partial charge in [-0.1, -0.05) is 11.6 Å². The second-order valence-electron chi connectivity index (χ2n) is 3.68. The Morgan fingerprint density at radius 1 is 1.47 bits per heavy atom. The Morgan fingerprint density at radius 2 is 2.18 bits per heavy atom. The Hall–Kier alpha value is -1.33. The highest BCUT2D eigenvalue weighted by Crippen LogP contribution is 2.22. The van der Waals surface area contributed by atoms with Crippen molar-refractivity contribution in [2.75, 3.05) is 38.3 Å². The van der Waals surface area contributed by atoms with Crippen molar-refractivity contribution < 1.29 is 9.53 Å². The molecule has 1 saturated heterocycles. The van der Waals surface area contributed by atoms with Crippen molar-refractivity contribution in [3.63, 3.8) is 0 Å². The van der Waals surface area contributed by atoms with Crippen molar-refractivity contribution in [1.29, 1.82) is 0 Å². The monoisotopic (exact) mass is 255 g/mol. The van der Waals surface area contributed by atoms with Gasteiger partial charge in [0, 0.05) is 20.1 Å². The normalized spacial score (nSPS) is 15.8. The predicted molar refractivity (Wildman–Crippen MR) is 65.7 cm³/mol. The van der Waals surface area contributed by atoms with E-state index in [9.17, 15) is 4.79 Å². The molecule has 0 aromatic carbocycles. The lowest BCUT2D eigenvalue weighted by atomic mass is 10.2. The lowest BCUT2D eigenvalue weighted by molar-refractivity contribution is 0.0956. The molecular weight excluding hydrogens is 242 g/mol. The molecule has 0 aliphatic carbocycles. The third-order valence-electron chi connectivity index (χ3n) is 2.63. The van der Waals surface area contributed by atoms with Crippen LogP contribution in [-0.4, -0.2) is 44.2 Å². The summed E-state index contributed by atoms with van der Waals surface area (Å²) in [5.41, 5.74) is 1.17. The van der Waals surface area contributed by atoms with Crippen LogP contribution in [0.25, 0.3) is 0 Å². The van der Waals surface area contributed by atoms with Gasteiger partial charge in [0.2, 0.25) is 0 Å². The molecule has 0 atom stereocenters. The third-order valence-corrected chi connectivity index (χ3v) is 2.84. The average Bonchev–Trinajstić information content (AvgIpc) is 2.38. The van der Waals surface area contributed by atoms with E-state index in [1.807, 2.05) is 6.07 Å². The Kier molecular flexibility index (Phi) is 3.81. The molecule has 6 heteroatoms. The van der Waals surface area contributed by atoms with Gasteiger partial charge >= 0.3 is 0 Å². The van der Waals surface area contributed by atoms with Crippen LogP contribution in [0.4, 0.5) is 5.69 Å². The highest BCUT2D eigenvalue weighted by molar-refractivity contribution is 6.29. The zero-order chi connectivity index (χ0) is 12.3. The maximum atomic E-state index is 11.7. The maximum absolute atomic E-state index is 11.7. The summed E-state index contributed by atoms with van der Waals surface area (Å²) in [6.07, 6.45) is 0. The minimum Gasteiger partial charge on any atom is -0.378 e. The molecule has 1 aliphatic heterocycles. The quantitative estimate of drug-likeness (QED) is 0.799. The summed E-state index contributed by atoms with van der Waals surface area (Å²) in [6.45, 7) is 2.84. The lowest BCUT2D eigenvalue weighted by Crippen LogP contribution is -2.38. The number of rotatable bonds is 2. The molecule has 5 nitrogen and oxygen atoms in total. The molecule has 1 N–H and O–H groups in total. The Morgan fingerprint density at radius 3 is 2.82 bits per heavy atom. The fourth-order valence-electron chi connectivity index (χ4n) is 1.77. The molecule has 1 aromatic rings. The number of pyridine rings is 1. The van der Waals surface area contributed by atoms with Crippen LogP contribution in [0.15, 0.2) is 12.1 Å². The summed E-state index contributed by atoms with van der Waals surface area (Å²) in [5, 5.41) is 2.89. The second kappa shape index (κ2) is 5.33. The Labute approximate surface area is 105 Å². The van der Waals surface area contributed by atoms with Crippen molar-refractivity contribution in [2.24, 2.45) is 0 Å². The topological polar surface area (TPSA) is 54.5 Å². The van der Waals surface area contributed by atoms with Crippen LogP contribution in [0.2, 0.25) is 5.15 Å². The SMILES string of the molecule is CNC(=O)c1nc(Cl)ccc1N1CCOCC1. The fourth-order valence-corrected chi connectivity index (χ4v) is 1.92. The van der Waals surface area contributed by atoms with E-state index in [2.05, 4.69) is 15.2 Å². The van der Waals surface area contributed by atoms with Crippen LogP contribution in [0.1, 0.15) is 10.5 Å².